The standard InChI is InChI=1S/C10H10N2O/c1-7(6-11)8-4-2-3-5-9(8)10(12)13/h2-5,7H,1H3,(H2,12,13). The molecule has 1 unspecified atom stereocenters. The van der Waals surface area contributed by atoms with E-state index in [-0.39, 0.29) is 5.92 Å². The average Bonchev–Trinajstić information content (AvgIpc) is 2.16. The van der Waals surface area contributed by atoms with Crippen LogP contribution in [0.2, 0.25) is 0 Å². The van der Waals surface area contributed by atoms with Gasteiger partial charge in [0.15, 0.2) is 0 Å². The Morgan fingerprint density at radius 3 is 2.69 bits per heavy atom. The van der Waals surface area contributed by atoms with Gasteiger partial charge in [-0.05, 0) is 18.6 Å². The topological polar surface area (TPSA) is 66.9 Å². The predicted octanol–water partition coefficient (Wildman–Crippen LogP) is 1.41. The minimum atomic E-state index is -0.488. The van der Waals surface area contributed by atoms with E-state index in [9.17, 15) is 4.79 Å². The van der Waals surface area contributed by atoms with E-state index in [1.54, 1.807) is 31.2 Å². The molecule has 1 amide bonds. The lowest BCUT2D eigenvalue weighted by molar-refractivity contribution is 0.0999. The van der Waals surface area contributed by atoms with Gasteiger partial charge in [0, 0.05) is 5.56 Å². The van der Waals surface area contributed by atoms with E-state index in [4.69, 9.17) is 11.0 Å². The molecule has 0 radical (unpaired) electrons. The third-order valence-corrected chi connectivity index (χ3v) is 1.89. The summed E-state index contributed by atoms with van der Waals surface area (Å²) in [4.78, 5) is 11.0. The highest BCUT2D eigenvalue weighted by Gasteiger charge is 2.12. The lowest BCUT2D eigenvalue weighted by atomic mass is 9.97. The van der Waals surface area contributed by atoms with Crippen molar-refractivity contribution < 1.29 is 4.79 Å². The van der Waals surface area contributed by atoms with Crippen LogP contribution >= 0.6 is 0 Å². The van der Waals surface area contributed by atoms with Crippen LogP contribution in [0.4, 0.5) is 0 Å². The smallest absolute Gasteiger partial charge is 0.249 e. The monoisotopic (exact) mass is 174 g/mol. The summed E-state index contributed by atoms with van der Waals surface area (Å²) in [5.41, 5.74) is 6.28. The fourth-order valence-corrected chi connectivity index (χ4v) is 1.17. The van der Waals surface area contributed by atoms with Crippen molar-refractivity contribution in [3.05, 3.63) is 35.4 Å². The number of hydrogen-bond acceptors (Lipinski definition) is 2. The van der Waals surface area contributed by atoms with E-state index in [2.05, 4.69) is 6.07 Å². The number of nitrogens with zero attached hydrogens (tertiary/aromatic N) is 1. The Morgan fingerprint density at radius 2 is 2.15 bits per heavy atom. The van der Waals surface area contributed by atoms with Crippen molar-refractivity contribution >= 4 is 5.91 Å². The molecule has 0 aliphatic carbocycles. The molecule has 0 bridgehead atoms. The summed E-state index contributed by atoms with van der Waals surface area (Å²) in [6.07, 6.45) is 0. The summed E-state index contributed by atoms with van der Waals surface area (Å²) in [6, 6.07) is 8.96. The predicted molar refractivity (Wildman–Crippen MR) is 49.0 cm³/mol. The van der Waals surface area contributed by atoms with E-state index in [0.29, 0.717) is 11.1 Å². The van der Waals surface area contributed by atoms with Gasteiger partial charge in [-0.15, -0.1) is 0 Å². The minimum absolute atomic E-state index is 0.302. The summed E-state index contributed by atoms with van der Waals surface area (Å²) in [5, 5.41) is 8.69. The zero-order chi connectivity index (χ0) is 9.84. The molecule has 3 nitrogen and oxygen atoms in total. The number of nitrogens with two attached hydrogens (primary N) is 1. The van der Waals surface area contributed by atoms with Gasteiger partial charge in [-0.2, -0.15) is 5.26 Å². The number of amides is 1. The Morgan fingerprint density at radius 1 is 1.54 bits per heavy atom. The molecule has 1 aromatic rings. The Labute approximate surface area is 76.8 Å². The van der Waals surface area contributed by atoms with Crippen LogP contribution in [0.1, 0.15) is 28.8 Å². The van der Waals surface area contributed by atoms with Crippen molar-refractivity contribution in [2.24, 2.45) is 5.73 Å². The summed E-state index contributed by atoms with van der Waals surface area (Å²) in [7, 11) is 0. The fraction of sp³-hybridized carbons (Fsp3) is 0.200. The number of benzene rings is 1. The van der Waals surface area contributed by atoms with Crippen molar-refractivity contribution in [3.8, 4) is 6.07 Å². The van der Waals surface area contributed by atoms with Crippen molar-refractivity contribution in [1.29, 1.82) is 5.26 Å². The molecule has 0 aromatic heterocycles. The quantitative estimate of drug-likeness (QED) is 0.736. The minimum Gasteiger partial charge on any atom is -0.366 e. The molecule has 3 heteroatoms. The van der Waals surface area contributed by atoms with Crippen molar-refractivity contribution in [2.45, 2.75) is 12.8 Å². The molecular weight excluding hydrogens is 164 g/mol. The lowest BCUT2D eigenvalue weighted by Crippen LogP contribution is -2.14. The van der Waals surface area contributed by atoms with Crippen LogP contribution < -0.4 is 5.73 Å². The molecule has 0 spiro atoms. The summed E-state index contributed by atoms with van der Waals surface area (Å²) >= 11 is 0. The summed E-state index contributed by atoms with van der Waals surface area (Å²) in [6.45, 7) is 1.74. The maximum atomic E-state index is 11.0. The first-order valence-electron chi connectivity index (χ1n) is 3.95. The van der Waals surface area contributed by atoms with Gasteiger partial charge in [0.1, 0.15) is 0 Å². The number of carbonyl (C=O) groups excluding carboxylic acids is 1. The van der Waals surface area contributed by atoms with E-state index >= 15 is 0 Å². The first-order chi connectivity index (χ1) is 6.16. The Bertz CT molecular complexity index is 365. The second-order valence-electron chi connectivity index (χ2n) is 2.80. The zero-order valence-electron chi connectivity index (χ0n) is 7.32. The molecule has 1 atom stereocenters. The van der Waals surface area contributed by atoms with Gasteiger partial charge in [0.05, 0.1) is 12.0 Å². The SMILES string of the molecule is CC(C#N)c1ccccc1C(N)=O. The molecule has 0 saturated heterocycles. The first kappa shape index (κ1) is 9.27. The van der Waals surface area contributed by atoms with Gasteiger partial charge in [-0.1, -0.05) is 18.2 Å². The number of hydrogen-bond donors (Lipinski definition) is 1. The zero-order valence-corrected chi connectivity index (χ0v) is 7.32. The van der Waals surface area contributed by atoms with Gasteiger partial charge < -0.3 is 5.73 Å². The van der Waals surface area contributed by atoms with Crippen LogP contribution in [0.15, 0.2) is 24.3 Å². The maximum Gasteiger partial charge on any atom is 0.249 e. The second-order valence-corrected chi connectivity index (χ2v) is 2.80. The number of primary amides is 1. The van der Waals surface area contributed by atoms with Crippen LogP contribution in [0, 0.1) is 11.3 Å². The second kappa shape index (κ2) is 3.72. The molecule has 13 heavy (non-hydrogen) atoms. The molecule has 0 heterocycles. The summed E-state index contributed by atoms with van der Waals surface area (Å²) < 4.78 is 0. The number of carbonyl (C=O) groups is 1. The molecular formula is C10H10N2O. The molecule has 1 rings (SSSR count). The number of nitriles is 1. The van der Waals surface area contributed by atoms with Crippen LogP contribution in [0.25, 0.3) is 0 Å². The van der Waals surface area contributed by atoms with E-state index < -0.39 is 5.91 Å². The fourth-order valence-electron chi connectivity index (χ4n) is 1.17. The Kier molecular flexibility index (Phi) is 2.65. The molecule has 66 valence electrons. The van der Waals surface area contributed by atoms with Gasteiger partial charge >= 0.3 is 0 Å². The van der Waals surface area contributed by atoms with Crippen LogP contribution in [-0.2, 0) is 0 Å². The van der Waals surface area contributed by atoms with Crippen LogP contribution in [0.5, 0.6) is 0 Å². The average molecular weight is 174 g/mol. The maximum absolute atomic E-state index is 11.0. The van der Waals surface area contributed by atoms with E-state index in [1.165, 1.54) is 0 Å². The van der Waals surface area contributed by atoms with Crippen LogP contribution in [-0.4, -0.2) is 5.91 Å². The highest BCUT2D eigenvalue weighted by Crippen LogP contribution is 2.18. The molecule has 0 saturated carbocycles. The van der Waals surface area contributed by atoms with Gasteiger partial charge in [-0.25, -0.2) is 0 Å². The third kappa shape index (κ3) is 1.85. The van der Waals surface area contributed by atoms with Crippen molar-refractivity contribution in [2.75, 3.05) is 0 Å². The van der Waals surface area contributed by atoms with Gasteiger partial charge in [0.25, 0.3) is 0 Å². The normalized spacial score (nSPS) is 11.7. The number of rotatable bonds is 2. The third-order valence-electron chi connectivity index (χ3n) is 1.89. The first-order valence-corrected chi connectivity index (χ1v) is 3.95. The molecule has 0 fully saturated rings. The Balaban J connectivity index is 3.21. The van der Waals surface area contributed by atoms with Crippen molar-refractivity contribution in [1.82, 2.24) is 0 Å². The largest absolute Gasteiger partial charge is 0.366 e. The van der Waals surface area contributed by atoms with Gasteiger partial charge in [0.2, 0.25) is 5.91 Å². The van der Waals surface area contributed by atoms with E-state index in [0.717, 1.165) is 0 Å². The molecule has 1 aromatic carbocycles. The lowest BCUT2D eigenvalue weighted by Gasteiger charge is -2.06. The molecule has 0 aliphatic rings. The van der Waals surface area contributed by atoms with E-state index in [1.807, 2.05) is 0 Å². The highest BCUT2D eigenvalue weighted by molar-refractivity contribution is 5.94. The van der Waals surface area contributed by atoms with Crippen LogP contribution in [0.3, 0.4) is 0 Å². The molecule has 2 N–H and O–H groups in total. The van der Waals surface area contributed by atoms with Crippen molar-refractivity contribution in [3.63, 3.8) is 0 Å². The molecule has 0 aliphatic heterocycles. The highest BCUT2D eigenvalue weighted by atomic mass is 16.1. The Hall–Kier alpha value is -1.82. The van der Waals surface area contributed by atoms with Gasteiger partial charge in [-0.3, -0.25) is 4.79 Å². The summed E-state index contributed by atoms with van der Waals surface area (Å²) in [5.74, 6) is -0.790.